The molecule has 0 saturated carbocycles. The maximum atomic E-state index is 5.34. The van der Waals surface area contributed by atoms with Gasteiger partial charge >= 0.3 is 0 Å². The molecular weight excluding hydrogens is 200 g/mol. The van der Waals surface area contributed by atoms with E-state index in [4.69, 9.17) is 4.74 Å². The molecule has 1 fully saturated rings. The Bertz CT molecular complexity index is 346. The Balaban J connectivity index is 2.03. The number of methoxy groups -OCH3 is 1. The van der Waals surface area contributed by atoms with Crippen LogP contribution in [-0.2, 0) is 6.42 Å². The van der Waals surface area contributed by atoms with Gasteiger partial charge < -0.3 is 15.4 Å². The van der Waals surface area contributed by atoms with E-state index in [9.17, 15) is 0 Å². The molecular formula is C13H20N2O. The molecule has 88 valence electrons. The molecule has 1 aromatic carbocycles. The van der Waals surface area contributed by atoms with Crippen LogP contribution in [0.1, 0.15) is 11.1 Å². The van der Waals surface area contributed by atoms with E-state index in [0.29, 0.717) is 6.04 Å². The minimum atomic E-state index is 0.543. The molecule has 0 aromatic heterocycles. The van der Waals surface area contributed by atoms with Crippen molar-refractivity contribution in [1.29, 1.82) is 0 Å². The lowest BCUT2D eigenvalue weighted by Crippen LogP contribution is -2.49. The Kier molecular flexibility index (Phi) is 3.80. The summed E-state index contributed by atoms with van der Waals surface area (Å²) in [5, 5.41) is 6.92. The minimum absolute atomic E-state index is 0.543. The summed E-state index contributed by atoms with van der Waals surface area (Å²) in [5.41, 5.74) is 2.53. The number of hydrogen-bond donors (Lipinski definition) is 2. The normalized spacial score (nSPS) is 20.8. The Morgan fingerprint density at radius 3 is 2.94 bits per heavy atom. The van der Waals surface area contributed by atoms with Crippen LogP contribution in [0.15, 0.2) is 18.2 Å². The number of hydrogen-bond acceptors (Lipinski definition) is 3. The Labute approximate surface area is 97.2 Å². The van der Waals surface area contributed by atoms with Crippen molar-refractivity contribution in [2.75, 3.05) is 26.7 Å². The van der Waals surface area contributed by atoms with Crippen molar-refractivity contribution in [3.63, 3.8) is 0 Å². The zero-order chi connectivity index (χ0) is 11.4. The highest BCUT2D eigenvalue weighted by Crippen LogP contribution is 2.19. The van der Waals surface area contributed by atoms with E-state index >= 15 is 0 Å². The van der Waals surface area contributed by atoms with Crippen LogP contribution >= 0.6 is 0 Å². The molecule has 1 heterocycles. The fraction of sp³-hybridized carbons (Fsp3) is 0.538. The predicted octanol–water partition coefficient (Wildman–Crippen LogP) is 1.11. The first-order valence-electron chi connectivity index (χ1n) is 5.87. The van der Waals surface area contributed by atoms with Gasteiger partial charge in [0.1, 0.15) is 5.75 Å². The molecule has 1 unspecified atom stereocenters. The fourth-order valence-corrected chi connectivity index (χ4v) is 2.13. The van der Waals surface area contributed by atoms with Crippen LogP contribution in [-0.4, -0.2) is 32.8 Å². The van der Waals surface area contributed by atoms with Gasteiger partial charge in [0.05, 0.1) is 7.11 Å². The second kappa shape index (κ2) is 5.32. The maximum absolute atomic E-state index is 5.34. The van der Waals surface area contributed by atoms with Crippen LogP contribution in [0, 0.1) is 6.92 Å². The molecule has 1 aliphatic rings. The predicted molar refractivity (Wildman–Crippen MR) is 66.1 cm³/mol. The van der Waals surface area contributed by atoms with E-state index in [-0.39, 0.29) is 0 Å². The van der Waals surface area contributed by atoms with Gasteiger partial charge in [-0.3, -0.25) is 0 Å². The summed E-state index contributed by atoms with van der Waals surface area (Å²) in [7, 11) is 1.73. The number of rotatable bonds is 3. The van der Waals surface area contributed by atoms with Gasteiger partial charge in [-0.2, -0.15) is 0 Å². The Morgan fingerprint density at radius 1 is 1.38 bits per heavy atom. The summed E-state index contributed by atoms with van der Waals surface area (Å²) in [4.78, 5) is 0. The maximum Gasteiger partial charge on any atom is 0.122 e. The van der Waals surface area contributed by atoms with Crippen LogP contribution in [0.4, 0.5) is 0 Å². The average molecular weight is 220 g/mol. The first kappa shape index (κ1) is 11.4. The molecule has 2 N–H and O–H groups in total. The monoisotopic (exact) mass is 220 g/mol. The second-order valence-electron chi connectivity index (χ2n) is 4.36. The third-order valence-corrected chi connectivity index (χ3v) is 3.08. The molecule has 2 rings (SSSR count). The van der Waals surface area contributed by atoms with Gasteiger partial charge in [0, 0.05) is 25.7 Å². The smallest absolute Gasteiger partial charge is 0.122 e. The first-order valence-corrected chi connectivity index (χ1v) is 5.87. The van der Waals surface area contributed by atoms with Crippen LogP contribution < -0.4 is 15.4 Å². The summed E-state index contributed by atoms with van der Waals surface area (Å²) >= 11 is 0. The lowest BCUT2D eigenvalue weighted by Gasteiger charge is -2.24. The molecule has 0 amide bonds. The molecule has 0 spiro atoms. The lowest BCUT2D eigenvalue weighted by atomic mass is 10.0. The van der Waals surface area contributed by atoms with Crippen molar-refractivity contribution in [1.82, 2.24) is 10.6 Å². The van der Waals surface area contributed by atoms with Crippen LogP contribution in [0.25, 0.3) is 0 Å². The molecule has 3 heteroatoms. The molecule has 3 nitrogen and oxygen atoms in total. The topological polar surface area (TPSA) is 33.3 Å². The van der Waals surface area contributed by atoms with Gasteiger partial charge in [0.25, 0.3) is 0 Å². The van der Waals surface area contributed by atoms with Gasteiger partial charge in [-0.25, -0.2) is 0 Å². The third kappa shape index (κ3) is 2.74. The third-order valence-electron chi connectivity index (χ3n) is 3.08. The molecule has 1 saturated heterocycles. The summed E-state index contributed by atoms with van der Waals surface area (Å²) in [6.45, 7) is 5.26. The number of benzene rings is 1. The summed E-state index contributed by atoms with van der Waals surface area (Å²) in [6, 6.07) is 7.01. The van der Waals surface area contributed by atoms with Crippen molar-refractivity contribution in [3.05, 3.63) is 29.3 Å². The van der Waals surface area contributed by atoms with E-state index in [1.165, 1.54) is 11.1 Å². The molecule has 1 aromatic rings. The molecule has 16 heavy (non-hydrogen) atoms. The van der Waals surface area contributed by atoms with Crippen molar-refractivity contribution in [2.24, 2.45) is 0 Å². The van der Waals surface area contributed by atoms with Gasteiger partial charge in [0.15, 0.2) is 0 Å². The minimum Gasteiger partial charge on any atom is -0.496 e. The first-order chi connectivity index (χ1) is 7.79. The molecule has 0 aliphatic carbocycles. The van der Waals surface area contributed by atoms with E-state index in [0.717, 1.165) is 31.8 Å². The lowest BCUT2D eigenvalue weighted by molar-refractivity contribution is 0.405. The molecule has 1 aliphatic heterocycles. The number of nitrogens with one attached hydrogen (secondary N) is 2. The zero-order valence-electron chi connectivity index (χ0n) is 10.0. The molecule has 0 bridgehead atoms. The fourth-order valence-electron chi connectivity index (χ4n) is 2.13. The van der Waals surface area contributed by atoms with Crippen molar-refractivity contribution in [2.45, 2.75) is 19.4 Å². The van der Waals surface area contributed by atoms with Crippen LogP contribution in [0.5, 0.6) is 5.75 Å². The van der Waals surface area contributed by atoms with Gasteiger partial charge in [-0.15, -0.1) is 0 Å². The highest BCUT2D eigenvalue weighted by molar-refractivity contribution is 5.36. The largest absolute Gasteiger partial charge is 0.496 e. The van der Waals surface area contributed by atoms with Gasteiger partial charge in [-0.05, 0) is 30.5 Å². The van der Waals surface area contributed by atoms with Crippen molar-refractivity contribution < 1.29 is 4.74 Å². The zero-order valence-corrected chi connectivity index (χ0v) is 10.0. The van der Waals surface area contributed by atoms with E-state index in [1.54, 1.807) is 7.11 Å². The second-order valence-corrected chi connectivity index (χ2v) is 4.36. The number of ether oxygens (including phenoxy) is 1. The van der Waals surface area contributed by atoms with Crippen molar-refractivity contribution in [3.8, 4) is 5.75 Å². The van der Waals surface area contributed by atoms with Crippen LogP contribution in [0.2, 0.25) is 0 Å². The average Bonchev–Trinajstić information content (AvgIpc) is 2.33. The Hall–Kier alpha value is -1.06. The molecule has 0 radical (unpaired) electrons. The van der Waals surface area contributed by atoms with Gasteiger partial charge in [-0.1, -0.05) is 12.1 Å². The van der Waals surface area contributed by atoms with E-state index < -0.39 is 0 Å². The van der Waals surface area contributed by atoms with Gasteiger partial charge in [0.2, 0.25) is 0 Å². The summed E-state index contributed by atoms with van der Waals surface area (Å²) in [5.74, 6) is 0.987. The summed E-state index contributed by atoms with van der Waals surface area (Å²) in [6.07, 6.45) is 1.06. The Morgan fingerprint density at radius 2 is 2.25 bits per heavy atom. The standard InChI is InChI=1S/C13H20N2O/c1-10-3-4-11(8-13(10)16-2)7-12-9-14-5-6-15-12/h3-4,8,12,14-15H,5-7,9H2,1-2H3. The van der Waals surface area contributed by atoms with E-state index in [1.807, 2.05) is 0 Å². The SMILES string of the molecule is COc1cc(CC2CNCCN2)ccc1C. The quantitative estimate of drug-likeness (QED) is 0.800. The number of piperazine rings is 1. The van der Waals surface area contributed by atoms with E-state index in [2.05, 4.69) is 35.8 Å². The molecule has 1 atom stereocenters. The highest BCUT2D eigenvalue weighted by Gasteiger charge is 2.12. The van der Waals surface area contributed by atoms with Crippen LogP contribution in [0.3, 0.4) is 0 Å². The van der Waals surface area contributed by atoms with Crippen molar-refractivity contribution >= 4 is 0 Å². The highest BCUT2D eigenvalue weighted by atomic mass is 16.5. The summed E-state index contributed by atoms with van der Waals surface area (Å²) < 4.78 is 5.34. The number of aryl methyl sites for hydroxylation is 1.